The molecule has 7 nitrogen and oxygen atoms in total. The fourth-order valence-corrected chi connectivity index (χ4v) is 4.27. The van der Waals surface area contributed by atoms with E-state index in [1.807, 2.05) is 43.3 Å². The van der Waals surface area contributed by atoms with Crippen molar-refractivity contribution < 1.29 is 17.9 Å². The number of urea groups is 1. The second kappa shape index (κ2) is 9.31. The fraction of sp³-hybridized carbons (Fsp3) is 0.320. The molecule has 0 aliphatic heterocycles. The molecule has 3 rings (SSSR count). The van der Waals surface area contributed by atoms with Gasteiger partial charge in [0.25, 0.3) is 0 Å². The van der Waals surface area contributed by atoms with Gasteiger partial charge in [-0.05, 0) is 59.0 Å². The van der Waals surface area contributed by atoms with Gasteiger partial charge in [0.05, 0.1) is 13.4 Å². The van der Waals surface area contributed by atoms with Gasteiger partial charge < -0.3 is 15.4 Å². The Morgan fingerprint density at radius 3 is 2.24 bits per heavy atom. The lowest BCUT2D eigenvalue weighted by atomic mass is 9.83. The first-order valence-corrected chi connectivity index (χ1v) is 12.6. The lowest BCUT2D eigenvalue weighted by molar-refractivity contribution is 0.252. The minimum Gasteiger partial charge on any atom is -0.496 e. The van der Waals surface area contributed by atoms with Crippen LogP contribution < -0.4 is 20.1 Å². The molecule has 0 saturated heterocycles. The number of anilines is 2. The van der Waals surface area contributed by atoms with E-state index in [0.29, 0.717) is 17.9 Å². The monoisotopic (exact) mass is 469 g/mol. The molecule has 8 heteroatoms. The van der Waals surface area contributed by atoms with Crippen molar-refractivity contribution in [2.45, 2.75) is 33.1 Å². The van der Waals surface area contributed by atoms with E-state index >= 15 is 0 Å². The summed E-state index contributed by atoms with van der Waals surface area (Å²) in [7, 11) is -1.70. The summed E-state index contributed by atoms with van der Waals surface area (Å²) in [5.74, 6) is 0.749. The lowest BCUT2D eigenvalue weighted by Crippen LogP contribution is -2.28. The molecule has 176 valence electrons. The molecule has 0 aliphatic rings. The van der Waals surface area contributed by atoms with Gasteiger partial charge in [0, 0.05) is 29.0 Å². The van der Waals surface area contributed by atoms with Crippen molar-refractivity contribution in [1.82, 2.24) is 5.32 Å². The SMILES string of the molecule is CCNC(=O)Nc1cc(-c2ccc3cc(NS(C)(=O)=O)ccc3c2)c(OC)c(C(C)(C)C)c1. The van der Waals surface area contributed by atoms with Crippen LogP contribution in [0.4, 0.5) is 16.2 Å². The van der Waals surface area contributed by atoms with E-state index in [4.69, 9.17) is 4.74 Å². The van der Waals surface area contributed by atoms with Crippen molar-refractivity contribution in [2.75, 3.05) is 29.9 Å². The van der Waals surface area contributed by atoms with E-state index < -0.39 is 10.0 Å². The highest BCUT2D eigenvalue weighted by atomic mass is 32.2. The molecule has 3 aromatic carbocycles. The molecule has 3 aromatic rings. The summed E-state index contributed by atoms with van der Waals surface area (Å²) >= 11 is 0. The second-order valence-electron chi connectivity index (χ2n) is 8.99. The number of benzene rings is 3. The lowest BCUT2D eigenvalue weighted by Gasteiger charge is -2.25. The average Bonchev–Trinajstić information content (AvgIpc) is 2.71. The van der Waals surface area contributed by atoms with Crippen LogP contribution >= 0.6 is 0 Å². The first kappa shape index (κ1) is 24.4. The third kappa shape index (κ3) is 5.96. The van der Waals surface area contributed by atoms with Gasteiger partial charge in [-0.2, -0.15) is 0 Å². The van der Waals surface area contributed by atoms with Crippen LogP contribution in [-0.4, -0.2) is 34.4 Å². The van der Waals surface area contributed by atoms with Crippen molar-refractivity contribution in [3.05, 3.63) is 54.1 Å². The number of nitrogens with one attached hydrogen (secondary N) is 3. The van der Waals surface area contributed by atoms with Crippen LogP contribution in [0.3, 0.4) is 0 Å². The summed E-state index contributed by atoms with van der Waals surface area (Å²) in [5, 5.41) is 7.52. The van der Waals surface area contributed by atoms with Crippen molar-refractivity contribution >= 4 is 38.2 Å². The number of carbonyl (C=O) groups is 1. The number of hydrogen-bond donors (Lipinski definition) is 3. The van der Waals surface area contributed by atoms with Crippen LogP contribution in [-0.2, 0) is 15.4 Å². The zero-order chi connectivity index (χ0) is 24.4. The van der Waals surface area contributed by atoms with Gasteiger partial charge >= 0.3 is 6.03 Å². The molecule has 0 atom stereocenters. The van der Waals surface area contributed by atoms with Gasteiger partial charge in [-0.15, -0.1) is 0 Å². The number of hydrogen-bond acceptors (Lipinski definition) is 4. The third-order valence-electron chi connectivity index (χ3n) is 5.15. The van der Waals surface area contributed by atoms with Crippen molar-refractivity contribution in [3.8, 4) is 16.9 Å². The summed E-state index contributed by atoms with van der Waals surface area (Å²) in [6.07, 6.45) is 1.13. The Hall–Kier alpha value is -3.26. The third-order valence-corrected chi connectivity index (χ3v) is 5.76. The molecule has 3 N–H and O–H groups in total. The molecular weight excluding hydrogens is 438 g/mol. The highest BCUT2D eigenvalue weighted by Crippen LogP contribution is 2.42. The maximum Gasteiger partial charge on any atom is 0.319 e. The molecule has 33 heavy (non-hydrogen) atoms. The van der Waals surface area contributed by atoms with E-state index in [9.17, 15) is 13.2 Å². The highest BCUT2D eigenvalue weighted by Gasteiger charge is 2.24. The molecule has 0 radical (unpaired) electrons. The molecule has 0 fully saturated rings. The zero-order valence-electron chi connectivity index (χ0n) is 19.9. The first-order chi connectivity index (χ1) is 15.4. The maximum atomic E-state index is 12.2. The molecule has 0 unspecified atom stereocenters. The van der Waals surface area contributed by atoms with Gasteiger partial charge in [0.1, 0.15) is 5.75 Å². The van der Waals surface area contributed by atoms with Crippen molar-refractivity contribution in [3.63, 3.8) is 0 Å². The van der Waals surface area contributed by atoms with Gasteiger partial charge in [0.2, 0.25) is 10.0 Å². The number of methoxy groups -OCH3 is 1. The Morgan fingerprint density at radius 1 is 0.970 bits per heavy atom. The van der Waals surface area contributed by atoms with Crippen LogP contribution in [0.25, 0.3) is 21.9 Å². The van der Waals surface area contributed by atoms with Crippen LogP contribution in [0.1, 0.15) is 33.3 Å². The Bertz CT molecular complexity index is 1290. The Morgan fingerprint density at radius 2 is 1.64 bits per heavy atom. The van der Waals surface area contributed by atoms with E-state index in [1.165, 1.54) is 0 Å². The van der Waals surface area contributed by atoms with Crippen LogP contribution in [0.15, 0.2) is 48.5 Å². The van der Waals surface area contributed by atoms with Gasteiger partial charge in [-0.25, -0.2) is 13.2 Å². The van der Waals surface area contributed by atoms with Crippen LogP contribution in [0.2, 0.25) is 0 Å². The maximum absolute atomic E-state index is 12.2. The van der Waals surface area contributed by atoms with Crippen molar-refractivity contribution in [1.29, 1.82) is 0 Å². The summed E-state index contributed by atoms with van der Waals surface area (Å²) < 4.78 is 31.4. The average molecular weight is 470 g/mol. The molecule has 0 bridgehead atoms. The number of rotatable bonds is 6. The zero-order valence-corrected chi connectivity index (χ0v) is 20.7. The Labute approximate surface area is 195 Å². The number of fused-ring (bicyclic) bond motifs is 1. The van der Waals surface area contributed by atoms with E-state index in [2.05, 4.69) is 36.1 Å². The standard InChI is InChI=1S/C25H31N3O4S/c1-7-26-24(29)27-20-14-21(23(32-5)22(15-20)25(2,3)4)18-9-8-17-13-19(28-33(6,30)31)11-10-16(17)12-18/h8-15,28H,7H2,1-6H3,(H2,26,27,29). The predicted molar refractivity (Wildman–Crippen MR) is 136 cm³/mol. The Balaban J connectivity index is 2.14. The van der Waals surface area contributed by atoms with E-state index in [1.54, 1.807) is 19.2 Å². The summed E-state index contributed by atoms with van der Waals surface area (Å²) in [6, 6.07) is 14.9. The molecule has 0 spiro atoms. The minimum absolute atomic E-state index is 0.220. The molecule has 0 saturated carbocycles. The quantitative estimate of drug-likeness (QED) is 0.455. The van der Waals surface area contributed by atoms with E-state index in [0.717, 1.165) is 39.5 Å². The fourth-order valence-electron chi connectivity index (χ4n) is 3.72. The topological polar surface area (TPSA) is 96.5 Å². The summed E-state index contributed by atoms with van der Waals surface area (Å²) in [6.45, 7) is 8.69. The van der Waals surface area contributed by atoms with Crippen LogP contribution in [0.5, 0.6) is 5.75 Å². The number of ether oxygens (including phenoxy) is 1. The highest BCUT2D eigenvalue weighted by molar-refractivity contribution is 7.92. The summed E-state index contributed by atoms with van der Waals surface area (Å²) in [4.78, 5) is 12.2. The summed E-state index contributed by atoms with van der Waals surface area (Å²) in [5.41, 5.74) is 3.72. The molecule has 0 aliphatic carbocycles. The largest absolute Gasteiger partial charge is 0.496 e. The molecule has 0 heterocycles. The van der Waals surface area contributed by atoms with E-state index in [-0.39, 0.29) is 11.4 Å². The van der Waals surface area contributed by atoms with Gasteiger partial charge in [0.15, 0.2) is 0 Å². The van der Waals surface area contributed by atoms with Gasteiger partial charge in [-0.1, -0.05) is 39.0 Å². The minimum atomic E-state index is -3.35. The smallest absolute Gasteiger partial charge is 0.319 e. The molecular formula is C25H31N3O4S. The number of carbonyl (C=O) groups excluding carboxylic acids is 1. The second-order valence-corrected chi connectivity index (χ2v) is 10.7. The number of amides is 2. The first-order valence-electron chi connectivity index (χ1n) is 10.7. The van der Waals surface area contributed by atoms with Crippen LogP contribution in [0, 0.1) is 0 Å². The predicted octanol–water partition coefficient (Wildman–Crippen LogP) is 5.33. The normalized spacial score (nSPS) is 11.8. The van der Waals surface area contributed by atoms with Gasteiger partial charge in [-0.3, -0.25) is 4.72 Å². The molecule has 0 aromatic heterocycles. The Kier molecular flexibility index (Phi) is 6.88. The van der Waals surface area contributed by atoms with Crippen molar-refractivity contribution in [2.24, 2.45) is 0 Å². The number of sulfonamides is 1. The molecule has 2 amide bonds.